The molecule has 0 saturated heterocycles. The van der Waals surface area contributed by atoms with Crippen LogP contribution in [0.2, 0.25) is 0 Å². The second-order valence-electron chi connectivity index (χ2n) is 4.69. The van der Waals surface area contributed by atoms with Gasteiger partial charge < -0.3 is 15.3 Å². The molecule has 0 aromatic carbocycles. The molecule has 0 aliphatic heterocycles. The molecule has 1 aromatic heterocycles. The summed E-state index contributed by atoms with van der Waals surface area (Å²) in [6.45, 7) is 5.43. The first-order valence-corrected chi connectivity index (χ1v) is 5.91. The third kappa shape index (κ3) is 4.29. The Morgan fingerprint density at radius 1 is 1.44 bits per heavy atom. The molecule has 6 nitrogen and oxygen atoms in total. The fourth-order valence-corrected chi connectivity index (χ4v) is 1.33. The summed E-state index contributed by atoms with van der Waals surface area (Å²) in [5, 5.41) is 12.1. The molecular formula is C12H20N4O2. The molecule has 6 heteroatoms. The number of carboxylic acid groups (broad SMARTS) is 1. The van der Waals surface area contributed by atoms with Gasteiger partial charge in [-0.05, 0) is 14.1 Å². The van der Waals surface area contributed by atoms with Crippen LogP contribution in [0.5, 0.6) is 0 Å². The van der Waals surface area contributed by atoms with Crippen molar-refractivity contribution in [2.75, 3.05) is 32.5 Å². The highest BCUT2D eigenvalue weighted by molar-refractivity contribution is 5.86. The van der Waals surface area contributed by atoms with Gasteiger partial charge in [0.05, 0.1) is 0 Å². The summed E-state index contributed by atoms with van der Waals surface area (Å²) in [6, 6.07) is 1.46. The molecular weight excluding hydrogens is 232 g/mol. The standard InChI is InChI=1S/C12H20N4O2/c1-8(2)11-14-9(12(17)18)7-10(15-11)13-5-6-16(3)4/h7-8H,5-6H2,1-4H3,(H,17,18)(H,13,14,15). The Hall–Kier alpha value is -1.69. The Bertz CT molecular complexity index is 419. The first kappa shape index (κ1) is 14.4. The van der Waals surface area contributed by atoms with Crippen LogP contribution in [-0.4, -0.2) is 53.1 Å². The van der Waals surface area contributed by atoms with Crippen LogP contribution in [0.15, 0.2) is 6.07 Å². The van der Waals surface area contributed by atoms with Crippen molar-refractivity contribution in [1.29, 1.82) is 0 Å². The van der Waals surface area contributed by atoms with Crippen molar-refractivity contribution in [3.63, 3.8) is 0 Å². The maximum atomic E-state index is 11.0. The van der Waals surface area contributed by atoms with Gasteiger partial charge in [-0.15, -0.1) is 0 Å². The molecule has 1 aromatic rings. The quantitative estimate of drug-likeness (QED) is 0.794. The number of aromatic carboxylic acids is 1. The van der Waals surface area contributed by atoms with E-state index in [9.17, 15) is 4.79 Å². The highest BCUT2D eigenvalue weighted by Crippen LogP contribution is 2.13. The summed E-state index contributed by atoms with van der Waals surface area (Å²) in [6.07, 6.45) is 0. The van der Waals surface area contributed by atoms with Crippen LogP contribution >= 0.6 is 0 Å². The molecule has 18 heavy (non-hydrogen) atoms. The molecule has 1 heterocycles. The molecule has 0 spiro atoms. The number of carbonyl (C=O) groups is 1. The van der Waals surface area contributed by atoms with Crippen LogP contribution in [0, 0.1) is 0 Å². The van der Waals surface area contributed by atoms with E-state index in [0.717, 1.165) is 6.54 Å². The average Bonchev–Trinajstić information content (AvgIpc) is 2.28. The molecule has 1 rings (SSSR count). The van der Waals surface area contributed by atoms with Crippen molar-refractivity contribution in [3.05, 3.63) is 17.6 Å². The van der Waals surface area contributed by atoms with E-state index in [0.29, 0.717) is 18.2 Å². The number of nitrogens with one attached hydrogen (secondary N) is 1. The maximum Gasteiger partial charge on any atom is 0.354 e. The van der Waals surface area contributed by atoms with E-state index in [1.807, 2.05) is 32.8 Å². The number of anilines is 1. The van der Waals surface area contributed by atoms with Crippen molar-refractivity contribution in [1.82, 2.24) is 14.9 Å². The van der Waals surface area contributed by atoms with Gasteiger partial charge in [-0.1, -0.05) is 13.8 Å². The molecule has 0 fully saturated rings. The van der Waals surface area contributed by atoms with Crippen LogP contribution < -0.4 is 5.32 Å². The summed E-state index contributed by atoms with van der Waals surface area (Å²) < 4.78 is 0. The van der Waals surface area contributed by atoms with Gasteiger partial charge in [0.2, 0.25) is 0 Å². The van der Waals surface area contributed by atoms with Gasteiger partial charge in [0.25, 0.3) is 0 Å². The van der Waals surface area contributed by atoms with E-state index in [-0.39, 0.29) is 11.6 Å². The second-order valence-corrected chi connectivity index (χ2v) is 4.69. The van der Waals surface area contributed by atoms with E-state index in [1.165, 1.54) is 6.07 Å². The Kier molecular flexibility index (Phi) is 5.03. The number of hydrogen-bond donors (Lipinski definition) is 2. The van der Waals surface area contributed by atoms with Crippen LogP contribution in [0.25, 0.3) is 0 Å². The SMILES string of the molecule is CC(C)c1nc(NCCN(C)C)cc(C(=O)O)n1. The van der Waals surface area contributed by atoms with Gasteiger partial charge in [0.15, 0.2) is 5.69 Å². The number of aromatic nitrogens is 2. The van der Waals surface area contributed by atoms with E-state index < -0.39 is 5.97 Å². The smallest absolute Gasteiger partial charge is 0.354 e. The zero-order valence-electron chi connectivity index (χ0n) is 11.3. The third-order valence-corrected chi connectivity index (χ3v) is 2.34. The van der Waals surface area contributed by atoms with Crippen LogP contribution in [0.4, 0.5) is 5.82 Å². The average molecular weight is 252 g/mol. The minimum Gasteiger partial charge on any atom is -0.477 e. The van der Waals surface area contributed by atoms with Gasteiger partial charge in [0, 0.05) is 25.1 Å². The molecule has 0 aliphatic carbocycles. The summed E-state index contributed by atoms with van der Waals surface area (Å²) in [5.41, 5.74) is 0.0288. The molecule has 100 valence electrons. The molecule has 0 unspecified atom stereocenters. The number of carboxylic acids is 1. The first-order chi connectivity index (χ1) is 8.40. The second kappa shape index (κ2) is 6.30. The lowest BCUT2D eigenvalue weighted by atomic mass is 10.2. The van der Waals surface area contributed by atoms with E-state index in [1.54, 1.807) is 0 Å². The van der Waals surface area contributed by atoms with Crippen molar-refractivity contribution in [2.45, 2.75) is 19.8 Å². The lowest BCUT2D eigenvalue weighted by molar-refractivity contribution is 0.0690. The Labute approximate surface area is 107 Å². The highest BCUT2D eigenvalue weighted by atomic mass is 16.4. The van der Waals surface area contributed by atoms with Crippen molar-refractivity contribution >= 4 is 11.8 Å². The van der Waals surface area contributed by atoms with Crippen LogP contribution in [0.1, 0.15) is 36.1 Å². The Morgan fingerprint density at radius 3 is 2.61 bits per heavy atom. The Morgan fingerprint density at radius 2 is 2.11 bits per heavy atom. The summed E-state index contributed by atoms with van der Waals surface area (Å²) >= 11 is 0. The van der Waals surface area contributed by atoms with Gasteiger partial charge in [-0.25, -0.2) is 14.8 Å². The molecule has 0 atom stereocenters. The maximum absolute atomic E-state index is 11.0. The number of hydrogen-bond acceptors (Lipinski definition) is 5. The zero-order chi connectivity index (χ0) is 13.7. The molecule has 0 bridgehead atoms. The van der Waals surface area contributed by atoms with Crippen molar-refractivity contribution in [2.24, 2.45) is 0 Å². The lowest BCUT2D eigenvalue weighted by Crippen LogP contribution is -2.21. The van der Waals surface area contributed by atoms with Gasteiger partial charge in [0.1, 0.15) is 11.6 Å². The van der Waals surface area contributed by atoms with Crippen molar-refractivity contribution < 1.29 is 9.90 Å². The normalized spacial score (nSPS) is 11.0. The molecule has 2 N–H and O–H groups in total. The topological polar surface area (TPSA) is 78.4 Å². The first-order valence-electron chi connectivity index (χ1n) is 5.91. The monoisotopic (exact) mass is 252 g/mol. The predicted octanol–water partition coefficient (Wildman–Crippen LogP) is 1.27. The van der Waals surface area contributed by atoms with E-state index in [2.05, 4.69) is 15.3 Å². The molecule has 0 amide bonds. The summed E-state index contributed by atoms with van der Waals surface area (Å²) in [7, 11) is 3.95. The minimum atomic E-state index is -1.03. The number of likely N-dealkylation sites (N-methyl/N-ethyl adjacent to an activating group) is 1. The van der Waals surface area contributed by atoms with Gasteiger partial charge in [-0.3, -0.25) is 0 Å². The molecule has 0 aliphatic rings. The molecule has 0 radical (unpaired) electrons. The van der Waals surface area contributed by atoms with E-state index >= 15 is 0 Å². The highest BCUT2D eigenvalue weighted by Gasteiger charge is 2.12. The van der Waals surface area contributed by atoms with Crippen molar-refractivity contribution in [3.8, 4) is 0 Å². The third-order valence-electron chi connectivity index (χ3n) is 2.34. The lowest BCUT2D eigenvalue weighted by Gasteiger charge is -2.12. The predicted molar refractivity (Wildman–Crippen MR) is 70.1 cm³/mol. The fourth-order valence-electron chi connectivity index (χ4n) is 1.33. The summed E-state index contributed by atoms with van der Waals surface area (Å²) in [4.78, 5) is 21.3. The fraction of sp³-hybridized carbons (Fsp3) is 0.583. The van der Waals surface area contributed by atoms with Gasteiger partial charge in [-0.2, -0.15) is 0 Å². The van der Waals surface area contributed by atoms with E-state index in [4.69, 9.17) is 5.11 Å². The minimum absolute atomic E-state index is 0.0288. The largest absolute Gasteiger partial charge is 0.477 e. The number of nitrogens with zero attached hydrogens (tertiary/aromatic N) is 3. The zero-order valence-corrected chi connectivity index (χ0v) is 11.3. The summed E-state index contributed by atoms with van der Waals surface area (Å²) in [5.74, 6) is 0.170. The van der Waals surface area contributed by atoms with Crippen LogP contribution in [-0.2, 0) is 0 Å². The van der Waals surface area contributed by atoms with Gasteiger partial charge >= 0.3 is 5.97 Å². The molecule has 0 saturated carbocycles. The van der Waals surface area contributed by atoms with Crippen LogP contribution in [0.3, 0.4) is 0 Å². The Balaban J connectivity index is 2.86. The number of rotatable bonds is 6.